The Morgan fingerprint density at radius 1 is 1.32 bits per heavy atom. The van der Waals surface area contributed by atoms with Crippen LogP contribution in [-0.2, 0) is 4.79 Å². The Morgan fingerprint density at radius 3 is 2.58 bits per heavy atom. The molecule has 0 unspecified atom stereocenters. The van der Waals surface area contributed by atoms with E-state index in [1.807, 2.05) is 26.8 Å². The molecule has 1 N–H and O–H groups in total. The number of nitrogens with one attached hydrogen (secondary N) is 1. The fourth-order valence-corrected chi connectivity index (χ4v) is 1.69. The van der Waals surface area contributed by atoms with Crippen molar-refractivity contribution < 1.29 is 14.3 Å². The number of carbonyl (C=O) groups excluding carboxylic acids is 2. The fourth-order valence-electron chi connectivity index (χ4n) is 1.69. The molecule has 0 saturated carbocycles. The maximum Gasteiger partial charge on any atom is 0.223 e. The molecular formula is C15H21NO3. The summed E-state index contributed by atoms with van der Waals surface area (Å²) in [6.45, 7) is 7.51. The maximum absolute atomic E-state index is 11.5. The van der Waals surface area contributed by atoms with Crippen LogP contribution in [-0.4, -0.2) is 24.3 Å². The highest BCUT2D eigenvalue weighted by molar-refractivity contribution is 5.97. The van der Waals surface area contributed by atoms with Crippen molar-refractivity contribution in [3.8, 4) is 5.75 Å². The third-order valence-corrected chi connectivity index (χ3v) is 2.55. The van der Waals surface area contributed by atoms with E-state index in [-0.39, 0.29) is 30.8 Å². The molecule has 1 amide bonds. The van der Waals surface area contributed by atoms with E-state index in [0.29, 0.717) is 11.3 Å². The average Bonchev–Trinajstić information content (AvgIpc) is 2.29. The van der Waals surface area contributed by atoms with Crippen molar-refractivity contribution in [2.75, 3.05) is 6.61 Å². The van der Waals surface area contributed by atoms with E-state index in [9.17, 15) is 9.59 Å². The summed E-state index contributed by atoms with van der Waals surface area (Å²) in [4.78, 5) is 23.0. The number of amides is 1. The molecule has 0 aliphatic heterocycles. The van der Waals surface area contributed by atoms with Crippen molar-refractivity contribution in [2.45, 2.75) is 40.2 Å². The van der Waals surface area contributed by atoms with E-state index in [2.05, 4.69) is 5.32 Å². The van der Waals surface area contributed by atoms with Crippen LogP contribution in [0.15, 0.2) is 18.2 Å². The number of ketones is 1. The molecule has 0 atom stereocenters. The molecule has 0 aromatic heterocycles. The molecule has 0 bridgehead atoms. The lowest BCUT2D eigenvalue weighted by Gasteiger charge is -2.11. The van der Waals surface area contributed by atoms with Crippen LogP contribution in [0.3, 0.4) is 0 Å². The summed E-state index contributed by atoms with van der Waals surface area (Å²) in [5.41, 5.74) is 1.57. The summed E-state index contributed by atoms with van der Waals surface area (Å²) in [6, 6.07) is 5.58. The Kier molecular flexibility index (Phi) is 5.55. The van der Waals surface area contributed by atoms with Crippen molar-refractivity contribution >= 4 is 11.7 Å². The van der Waals surface area contributed by atoms with E-state index >= 15 is 0 Å². The molecule has 1 aromatic rings. The van der Waals surface area contributed by atoms with E-state index in [4.69, 9.17) is 4.74 Å². The monoisotopic (exact) mass is 263 g/mol. The quantitative estimate of drug-likeness (QED) is 0.802. The van der Waals surface area contributed by atoms with Gasteiger partial charge in [-0.3, -0.25) is 9.59 Å². The number of carbonyl (C=O) groups is 2. The largest absolute Gasteiger partial charge is 0.492 e. The Hall–Kier alpha value is -1.84. The van der Waals surface area contributed by atoms with Crippen molar-refractivity contribution in [2.24, 2.45) is 0 Å². The summed E-state index contributed by atoms with van der Waals surface area (Å²) in [6.07, 6.45) is 0.281. The summed E-state index contributed by atoms with van der Waals surface area (Å²) >= 11 is 0. The molecule has 0 fully saturated rings. The van der Waals surface area contributed by atoms with Crippen LogP contribution >= 0.6 is 0 Å². The number of hydrogen-bond donors (Lipinski definition) is 1. The first-order valence-corrected chi connectivity index (χ1v) is 6.44. The fraction of sp³-hybridized carbons (Fsp3) is 0.467. The number of hydrogen-bond acceptors (Lipinski definition) is 3. The van der Waals surface area contributed by atoms with Gasteiger partial charge in [-0.05, 0) is 39.8 Å². The highest BCUT2D eigenvalue weighted by Crippen LogP contribution is 2.20. The summed E-state index contributed by atoms with van der Waals surface area (Å²) in [5.74, 6) is 0.451. The average molecular weight is 263 g/mol. The third kappa shape index (κ3) is 5.12. The lowest BCUT2D eigenvalue weighted by Crippen LogP contribution is -2.31. The van der Waals surface area contributed by atoms with Gasteiger partial charge in [0.2, 0.25) is 5.91 Å². The highest BCUT2D eigenvalue weighted by atomic mass is 16.5. The summed E-state index contributed by atoms with van der Waals surface area (Å²) in [5, 5.41) is 2.79. The summed E-state index contributed by atoms with van der Waals surface area (Å²) < 4.78 is 5.52. The normalized spacial score (nSPS) is 10.4. The second-order valence-electron chi connectivity index (χ2n) is 4.88. The zero-order chi connectivity index (χ0) is 14.4. The Balaban J connectivity index is 2.58. The zero-order valence-electron chi connectivity index (χ0n) is 11.9. The van der Waals surface area contributed by atoms with E-state index in [0.717, 1.165) is 5.56 Å². The first-order chi connectivity index (χ1) is 8.90. The molecule has 0 spiro atoms. The molecule has 1 rings (SSSR count). The number of ether oxygens (including phenoxy) is 1. The molecule has 104 valence electrons. The number of benzene rings is 1. The van der Waals surface area contributed by atoms with Gasteiger partial charge in [0.25, 0.3) is 0 Å². The predicted molar refractivity (Wildman–Crippen MR) is 74.6 cm³/mol. The molecule has 4 nitrogen and oxygen atoms in total. The van der Waals surface area contributed by atoms with Crippen molar-refractivity contribution in [1.82, 2.24) is 5.32 Å². The van der Waals surface area contributed by atoms with E-state index < -0.39 is 0 Å². The van der Waals surface area contributed by atoms with Gasteiger partial charge in [0.1, 0.15) is 5.75 Å². The third-order valence-electron chi connectivity index (χ3n) is 2.55. The highest BCUT2D eigenvalue weighted by Gasteiger charge is 2.10. The van der Waals surface area contributed by atoms with Crippen LogP contribution in [0.2, 0.25) is 0 Å². The van der Waals surface area contributed by atoms with Gasteiger partial charge in [0.15, 0.2) is 5.78 Å². The topological polar surface area (TPSA) is 55.4 Å². The lowest BCUT2D eigenvalue weighted by atomic mass is 10.1. The van der Waals surface area contributed by atoms with Gasteiger partial charge in [-0.2, -0.15) is 0 Å². The molecule has 0 saturated heterocycles. The minimum Gasteiger partial charge on any atom is -0.492 e. The lowest BCUT2D eigenvalue weighted by molar-refractivity contribution is -0.122. The molecular weight excluding hydrogens is 242 g/mol. The van der Waals surface area contributed by atoms with Crippen molar-refractivity contribution in [3.05, 3.63) is 29.3 Å². The smallest absolute Gasteiger partial charge is 0.223 e. The van der Waals surface area contributed by atoms with Crippen LogP contribution in [0.1, 0.15) is 43.1 Å². The minimum atomic E-state index is -0.0495. The van der Waals surface area contributed by atoms with E-state index in [1.165, 1.54) is 6.92 Å². The Bertz CT molecular complexity index is 466. The molecule has 0 aliphatic carbocycles. The maximum atomic E-state index is 11.5. The van der Waals surface area contributed by atoms with Crippen LogP contribution in [0.25, 0.3) is 0 Å². The second-order valence-corrected chi connectivity index (χ2v) is 4.88. The first kappa shape index (κ1) is 15.2. The van der Waals surface area contributed by atoms with Gasteiger partial charge in [-0.25, -0.2) is 0 Å². The van der Waals surface area contributed by atoms with Crippen molar-refractivity contribution in [1.29, 1.82) is 0 Å². The van der Waals surface area contributed by atoms with Crippen LogP contribution < -0.4 is 10.1 Å². The number of aryl methyl sites for hydroxylation is 1. The number of Topliss-reactive ketones (excluding diaryl/α,β-unsaturated/α-hetero) is 1. The van der Waals surface area contributed by atoms with Gasteiger partial charge in [-0.15, -0.1) is 0 Å². The molecule has 0 radical (unpaired) electrons. The molecule has 0 heterocycles. The van der Waals surface area contributed by atoms with Crippen molar-refractivity contribution in [3.63, 3.8) is 0 Å². The molecule has 1 aromatic carbocycles. The standard InChI is InChI=1S/C15H21NO3/c1-10(2)16-15(18)7-8-19-14-6-5-11(3)9-13(14)12(4)17/h5-6,9-10H,7-8H2,1-4H3,(H,16,18). The Labute approximate surface area is 114 Å². The van der Waals surface area contributed by atoms with Gasteiger partial charge >= 0.3 is 0 Å². The number of rotatable bonds is 6. The molecule has 19 heavy (non-hydrogen) atoms. The van der Waals surface area contributed by atoms with Crippen LogP contribution in [0, 0.1) is 6.92 Å². The van der Waals surface area contributed by atoms with Gasteiger partial charge in [0.05, 0.1) is 18.6 Å². The van der Waals surface area contributed by atoms with Gasteiger partial charge in [0, 0.05) is 6.04 Å². The van der Waals surface area contributed by atoms with Gasteiger partial charge in [-0.1, -0.05) is 11.6 Å². The van der Waals surface area contributed by atoms with E-state index in [1.54, 1.807) is 12.1 Å². The Morgan fingerprint density at radius 2 is 2.00 bits per heavy atom. The molecule has 0 aliphatic rings. The van der Waals surface area contributed by atoms with Crippen LogP contribution in [0.5, 0.6) is 5.75 Å². The van der Waals surface area contributed by atoms with Gasteiger partial charge < -0.3 is 10.1 Å². The first-order valence-electron chi connectivity index (χ1n) is 6.44. The summed E-state index contributed by atoms with van der Waals surface area (Å²) in [7, 11) is 0. The molecule has 4 heteroatoms. The van der Waals surface area contributed by atoms with Crippen LogP contribution in [0.4, 0.5) is 0 Å². The second kappa shape index (κ2) is 6.92. The zero-order valence-corrected chi connectivity index (χ0v) is 11.9. The SMILES string of the molecule is CC(=O)c1cc(C)ccc1OCCC(=O)NC(C)C. The predicted octanol–water partition coefficient (Wildman–Crippen LogP) is 2.49. The minimum absolute atomic E-state index is 0.0367.